The number of carbonyl (C=O) groups excluding carboxylic acids is 3. The molecule has 10 heteroatoms. The minimum absolute atomic E-state index is 0.0405. The van der Waals surface area contributed by atoms with Gasteiger partial charge in [0, 0.05) is 18.8 Å². The fourth-order valence-electron chi connectivity index (χ4n) is 4.38. The molecule has 2 heterocycles. The smallest absolute Gasteiger partial charge is 0.273 e. The Balaban J connectivity index is 1.85. The second-order valence-electron chi connectivity index (χ2n) is 9.23. The maximum atomic E-state index is 14.2. The van der Waals surface area contributed by atoms with Gasteiger partial charge in [-0.1, -0.05) is 42.0 Å². The van der Waals surface area contributed by atoms with Gasteiger partial charge in [0.1, 0.15) is 10.9 Å². The first kappa shape index (κ1) is 26.3. The number of hydrogen-bond acceptors (Lipinski definition) is 7. The maximum absolute atomic E-state index is 14.2. The topological polar surface area (TPSA) is 141 Å². The number of hydrogen-bond donors (Lipinski definition) is 3. The van der Waals surface area contributed by atoms with Crippen LogP contribution in [0.3, 0.4) is 0 Å². The van der Waals surface area contributed by atoms with Crippen molar-refractivity contribution in [1.82, 2.24) is 9.69 Å². The van der Waals surface area contributed by atoms with Gasteiger partial charge >= 0.3 is 0 Å². The van der Waals surface area contributed by atoms with E-state index in [4.69, 9.17) is 16.2 Å². The van der Waals surface area contributed by atoms with Crippen LogP contribution in [0.2, 0.25) is 0 Å². The van der Waals surface area contributed by atoms with Crippen molar-refractivity contribution in [2.24, 2.45) is 5.73 Å². The van der Waals surface area contributed by atoms with Crippen molar-refractivity contribution in [1.29, 1.82) is 0 Å². The van der Waals surface area contributed by atoms with Crippen LogP contribution in [0.1, 0.15) is 61.3 Å². The van der Waals surface area contributed by atoms with E-state index in [1.165, 1.54) is 4.90 Å². The number of rotatable bonds is 8. The fourth-order valence-corrected chi connectivity index (χ4v) is 5.13. The van der Waals surface area contributed by atoms with Gasteiger partial charge < -0.3 is 21.5 Å². The summed E-state index contributed by atoms with van der Waals surface area (Å²) in [6, 6.07) is 12.0. The third-order valence-electron chi connectivity index (χ3n) is 6.64. The van der Waals surface area contributed by atoms with Gasteiger partial charge in [-0.2, -0.15) is 4.37 Å². The van der Waals surface area contributed by atoms with Gasteiger partial charge in [0.15, 0.2) is 5.69 Å². The molecular weight excluding hydrogens is 490 g/mol. The number of carbonyl (C=O) groups is 3. The SMILES string of the molecule is Cc1ccc(C(C(=O)NCC2CCCO2)N(C(=O)c2snc(C(N)=O)c2N)c2cccc(C)c2C)cc1. The van der Waals surface area contributed by atoms with E-state index in [1.54, 1.807) is 6.07 Å². The molecule has 1 aliphatic rings. The number of nitrogens with zero attached hydrogens (tertiary/aromatic N) is 2. The first-order chi connectivity index (χ1) is 17.7. The number of primary amides is 1. The second kappa shape index (κ2) is 11.1. The van der Waals surface area contributed by atoms with E-state index in [0.29, 0.717) is 24.4 Å². The summed E-state index contributed by atoms with van der Waals surface area (Å²) < 4.78 is 9.69. The summed E-state index contributed by atoms with van der Waals surface area (Å²) in [7, 11) is 0. The van der Waals surface area contributed by atoms with Crippen molar-refractivity contribution < 1.29 is 19.1 Å². The number of benzene rings is 2. The molecule has 0 saturated carbocycles. The summed E-state index contributed by atoms with van der Waals surface area (Å²) in [5, 5.41) is 2.99. The average molecular weight is 522 g/mol. The lowest BCUT2D eigenvalue weighted by Gasteiger charge is -2.33. The molecule has 5 N–H and O–H groups in total. The Morgan fingerprint density at radius 1 is 1.16 bits per heavy atom. The number of nitrogens with two attached hydrogens (primary N) is 2. The molecule has 2 atom stereocenters. The first-order valence-electron chi connectivity index (χ1n) is 12.1. The van der Waals surface area contributed by atoms with Gasteiger partial charge in [-0.05, 0) is 67.9 Å². The molecule has 3 aromatic rings. The van der Waals surface area contributed by atoms with Crippen molar-refractivity contribution in [2.45, 2.75) is 45.8 Å². The molecule has 3 amide bonds. The summed E-state index contributed by atoms with van der Waals surface area (Å²) in [6.45, 7) is 6.79. The zero-order chi connectivity index (χ0) is 26.7. The van der Waals surface area contributed by atoms with Crippen LogP contribution in [-0.4, -0.2) is 41.4 Å². The van der Waals surface area contributed by atoms with Crippen molar-refractivity contribution in [3.63, 3.8) is 0 Å². The predicted octanol–water partition coefficient (Wildman–Crippen LogP) is 3.43. The molecule has 0 radical (unpaired) electrons. The Bertz CT molecular complexity index is 1310. The number of nitrogens with one attached hydrogen (secondary N) is 1. The van der Waals surface area contributed by atoms with Gasteiger partial charge in [0.2, 0.25) is 5.91 Å². The number of anilines is 2. The molecule has 2 aromatic carbocycles. The van der Waals surface area contributed by atoms with Crippen LogP contribution in [0.15, 0.2) is 42.5 Å². The normalized spacial score (nSPS) is 15.8. The van der Waals surface area contributed by atoms with Gasteiger partial charge in [-0.25, -0.2) is 0 Å². The van der Waals surface area contributed by atoms with Crippen LogP contribution in [-0.2, 0) is 9.53 Å². The van der Waals surface area contributed by atoms with Crippen LogP contribution < -0.4 is 21.7 Å². The molecule has 0 spiro atoms. The minimum Gasteiger partial charge on any atom is -0.395 e. The highest BCUT2D eigenvalue weighted by atomic mass is 32.1. The van der Waals surface area contributed by atoms with E-state index in [0.717, 1.165) is 41.1 Å². The highest BCUT2D eigenvalue weighted by Crippen LogP contribution is 2.35. The lowest BCUT2D eigenvalue weighted by molar-refractivity contribution is -0.123. The molecule has 194 valence electrons. The molecule has 9 nitrogen and oxygen atoms in total. The zero-order valence-corrected chi connectivity index (χ0v) is 21.9. The van der Waals surface area contributed by atoms with Crippen LogP contribution in [0.25, 0.3) is 0 Å². The van der Waals surface area contributed by atoms with Crippen LogP contribution in [0.5, 0.6) is 0 Å². The van der Waals surface area contributed by atoms with Gasteiger partial charge in [0.25, 0.3) is 11.8 Å². The highest BCUT2D eigenvalue weighted by Gasteiger charge is 2.37. The Morgan fingerprint density at radius 2 is 1.89 bits per heavy atom. The summed E-state index contributed by atoms with van der Waals surface area (Å²) in [5.41, 5.74) is 15.3. The summed E-state index contributed by atoms with van der Waals surface area (Å²) in [4.78, 5) is 41.3. The van der Waals surface area contributed by atoms with E-state index in [1.807, 2.05) is 57.2 Å². The number of aromatic nitrogens is 1. The van der Waals surface area contributed by atoms with Crippen LogP contribution in [0, 0.1) is 20.8 Å². The predicted molar refractivity (Wildman–Crippen MR) is 144 cm³/mol. The maximum Gasteiger partial charge on any atom is 0.273 e. The van der Waals surface area contributed by atoms with Crippen molar-refractivity contribution in [3.05, 3.63) is 75.3 Å². The molecule has 4 rings (SSSR count). The van der Waals surface area contributed by atoms with Crippen molar-refractivity contribution in [2.75, 3.05) is 23.8 Å². The second-order valence-corrected chi connectivity index (χ2v) is 10.00. The lowest BCUT2D eigenvalue weighted by atomic mass is 9.99. The molecule has 2 unspecified atom stereocenters. The van der Waals surface area contributed by atoms with E-state index in [-0.39, 0.29) is 28.3 Å². The largest absolute Gasteiger partial charge is 0.395 e. The molecule has 1 fully saturated rings. The Labute approximate surface area is 220 Å². The van der Waals surface area contributed by atoms with E-state index in [9.17, 15) is 14.4 Å². The Hall–Kier alpha value is -3.76. The van der Waals surface area contributed by atoms with E-state index in [2.05, 4.69) is 9.69 Å². The van der Waals surface area contributed by atoms with Gasteiger partial charge in [-0.15, -0.1) is 0 Å². The average Bonchev–Trinajstić information content (AvgIpc) is 3.53. The fraction of sp³-hybridized carbons (Fsp3) is 0.333. The molecule has 1 saturated heterocycles. The lowest BCUT2D eigenvalue weighted by Crippen LogP contribution is -2.46. The summed E-state index contributed by atoms with van der Waals surface area (Å²) in [5.74, 6) is -1.73. The Morgan fingerprint density at radius 3 is 2.51 bits per heavy atom. The monoisotopic (exact) mass is 521 g/mol. The summed E-state index contributed by atoms with van der Waals surface area (Å²) >= 11 is 0.787. The van der Waals surface area contributed by atoms with Crippen LogP contribution >= 0.6 is 11.5 Å². The third kappa shape index (κ3) is 5.50. The molecule has 1 aliphatic heterocycles. The van der Waals surface area contributed by atoms with Crippen molar-refractivity contribution >= 4 is 40.6 Å². The standard InChI is InChI=1S/C27H31N5O4S/c1-15-9-11-18(12-10-15)23(26(34)30-14-19-7-5-13-36-19)32(20-8-4-6-16(2)17(20)3)27(35)24-21(28)22(25(29)33)31-37-24/h4,6,8-12,19,23H,5,7,13-14,28H2,1-3H3,(H2,29,33)(H,30,34). The van der Waals surface area contributed by atoms with E-state index < -0.39 is 17.9 Å². The summed E-state index contributed by atoms with van der Waals surface area (Å²) in [6.07, 6.45) is 1.74. The number of nitrogen functional groups attached to an aromatic ring is 1. The number of amides is 3. The molecule has 37 heavy (non-hydrogen) atoms. The van der Waals surface area contributed by atoms with Crippen molar-refractivity contribution in [3.8, 4) is 0 Å². The molecule has 1 aromatic heterocycles. The first-order valence-corrected chi connectivity index (χ1v) is 12.9. The molecule has 0 bridgehead atoms. The Kier molecular flexibility index (Phi) is 7.89. The van der Waals surface area contributed by atoms with Crippen LogP contribution in [0.4, 0.5) is 11.4 Å². The van der Waals surface area contributed by atoms with Gasteiger partial charge in [-0.3, -0.25) is 19.3 Å². The quantitative estimate of drug-likeness (QED) is 0.415. The van der Waals surface area contributed by atoms with E-state index >= 15 is 0 Å². The molecule has 0 aliphatic carbocycles. The number of aryl methyl sites for hydroxylation is 2. The minimum atomic E-state index is -1.02. The third-order valence-corrected chi connectivity index (χ3v) is 7.49. The highest BCUT2D eigenvalue weighted by molar-refractivity contribution is 7.09. The zero-order valence-electron chi connectivity index (χ0n) is 21.1. The molecular formula is C27H31N5O4S. The number of ether oxygens (including phenoxy) is 1. The van der Waals surface area contributed by atoms with Gasteiger partial charge in [0.05, 0.1) is 11.8 Å².